The summed E-state index contributed by atoms with van der Waals surface area (Å²) in [5, 5.41) is 13.3. The van der Waals surface area contributed by atoms with Gasteiger partial charge in [0.2, 0.25) is 0 Å². The number of aryl methyl sites for hydroxylation is 1. The van der Waals surface area contributed by atoms with Gasteiger partial charge in [-0.1, -0.05) is 12.1 Å². The van der Waals surface area contributed by atoms with E-state index < -0.39 is 0 Å². The van der Waals surface area contributed by atoms with Crippen LogP contribution in [0.3, 0.4) is 0 Å². The average molecular weight is 261 g/mol. The van der Waals surface area contributed by atoms with Gasteiger partial charge in [-0.2, -0.15) is 5.10 Å². The minimum Gasteiger partial charge on any atom is -0.508 e. The van der Waals surface area contributed by atoms with E-state index >= 15 is 0 Å². The summed E-state index contributed by atoms with van der Waals surface area (Å²) in [5.41, 5.74) is 0.874. The Morgan fingerprint density at radius 3 is 2.63 bits per heavy atom. The second-order valence-corrected chi connectivity index (χ2v) is 4.17. The van der Waals surface area contributed by atoms with Crippen LogP contribution in [-0.2, 0) is 16.6 Å². The van der Waals surface area contributed by atoms with Gasteiger partial charge in [-0.3, -0.25) is 9.48 Å². The largest absolute Gasteiger partial charge is 0.508 e. The minimum absolute atomic E-state index is 0.174. The maximum absolute atomic E-state index is 11.5. The topological polar surface area (TPSA) is 77.2 Å². The van der Waals surface area contributed by atoms with Crippen LogP contribution >= 0.6 is 0 Å². The number of esters is 1. The molecule has 1 aromatic carbocycles. The summed E-state index contributed by atoms with van der Waals surface area (Å²) >= 11 is 0. The molecule has 19 heavy (non-hydrogen) atoms. The van der Waals surface area contributed by atoms with Crippen LogP contribution in [0.5, 0.6) is 5.75 Å². The van der Waals surface area contributed by atoms with E-state index in [0.29, 0.717) is 5.82 Å². The number of benzene rings is 1. The number of aromatic nitrogens is 3. The van der Waals surface area contributed by atoms with Crippen LogP contribution in [0, 0.1) is 0 Å². The zero-order chi connectivity index (χ0) is 13.8. The van der Waals surface area contributed by atoms with Crippen molar-refractivity contribution in [1.29, 1.82) is 0 Å². The smallest absolute Gasteiger partial charge is 0.306 e. The van der Waals surface area contributed by atoms with Crippen LogP contribution in [0.4, 0.5) is 0 Å². The van der Waals surface area contributed by atoms with E-state index in [4.69, 9.17) is 4.74 Å². The standard InChI is InChI=1S/C13H15N3O3/c1-16-13(14-8-15-16)11(7-12(18)19-2)9-3-5-10(17)6-4-9/h3-6,8,11,17H,7H2,1-2H3. The highest BCUT2D eigenvalue weighted by atomic mass is 16.5. The van der Waals surface area contributed by atoms with E-state index in [9.17, 15) is 9.90 Å². The van der Waals surface area contributed by atoms with E-state index in [1.165, 1.54) is 13.4 Å². The molecule has 1 unspecified atom stereocenters. The number of ether oxygens (including phenoxy) is 1. The number of carbonyl (C=O) groups excluding carboxylic acids is 1. The van der Waals surface area contributed by atoms with Crippen molar-refractivity contribution in [3.05, 3.63) is 42.0 Å². The normalized spacial score (nSPS) is 12.1. The lowest BCUT2D eigenvalue weighted by Gasteiger charge is -2.15. The van der Waals surface area contributed by atoms with Gasteiger partial charge in [-0.25, -0.2) is 4.98 Å². The predicted molar refractivity (Wildman–Crippen MR) is 67.6 cm³/mol. The SMILES string of the molecule is COC(=O)CC(c1ccc(O)cc1)c1ncnn1C. The maximum Gasteiger partial charge on any atom is 0.306 e. The van der Waals surface area contributed by atoms with Crippen molar-refractivity contribution in [2.45, 2.75) is 12.3 Å². The van der Waals surface area contributed by atoms with Gasteiger partial charge in [0.1, 0.15) is 17.9 Å². The second-order valence-electron chi connectivity index (χ2n) is 4.17. The van der Waals surface area contributed by atoms with E-state index in [2.05, 4.69) is 10.1 Å². The number of methoxy groups -OCH3 is 1. The molecule has 1 N–H and O–H groups in total. The number of phenolic OH excluding ortho intramolecular Hbond substituents is 1. The van der Waals surface area contributed by atoms with Crippen molar-refractivity contribution in [3.63, 3.8) is 0 Å². The molecule has 0 aliphatic heterocycles. The molecule has 1 atom stereocenters. The summed E-state index contributed by atoms with van der Waals surface area (Å²) < 4.78 is 6.34. The van der Waals surface area contributed by atoms with Gasteiger partial charge in [-0.15, -0.1) is 0 Å². The maximum atomic E-state index is 11.5. The predicted octanol–water partition coefficient (Wildman–Crippen LogP) is 1.22. The highest BCUT2D eigenvalue weighted by Crippen LogP contribution is 2.27. The Labute approximate surface area is 110 Å². The number of phenols is 1. The summed E-state index contributed by atoms with van der Waals surface area (Å²) in [6.45, 7) is 0. The van der Waals surface area contributed by atoms with E-state index in [1.807, 2.05) is 0 Å². The molecule has 2 aromatic rings. The Bertz CT molecular complexity index is 563. The van der Waals surface area contributed by atoms with Crippen LogP contribution in [0.2, 0.25) is 0 Å². The number of nitrogens with zero attached hydrogens (tertiary/aromatic N) is 3. The monoisotopic (exact) mass is 261 g/mol. The average Bonchev–Trinajstić information content (AvgIpc) is 2.83. The van der Waals surface area contributed by atoms with E-state index in [-0.39, 0.29) is 24.1 Å². The summed E-state index contributed by atoms with van der Waals surface area (Å²) in [6.07, 6.45) is 1.62. The van der Waals surface area contributed by atoms with Crippen LogP contribution in [0.25, 0.3) is 0 Å². The number of aromatic hydroxyl groups is 1. The van der Waals surface area contributed by atoms with Gasteiger partial charge < -0.3 is 9.84 Å². The Morgan fingerprint density at radius 1 is 1.42 bits per heavy atom. The molecule has 0 radical (unpaired) electrons. The number of rotatable bonds is 4. The second kappa shape index (κ2) is 5.51. The highest BCUT2D eigenvalue weighted by molar-refractivity contribution is 5.71. The molecule has 6 heteroatoms. The molecule has 2 rings (SSSR count). The van der Waals surface area contributed by atoms with E-state index in [0.717, 1.165) is 5.56 Å². The van der Waals surface area contributed by atoms with Crippen molar-refractivity contribution < 1.29 is 14.6 Å². The molecule has 1 aromatic heterocycles. The molecule has 0 aliphatic rings. The molecule has 0 saturated heterocycles. The first kappa shape index (κ1) is 13.1. The molecular formula is C13H15N3O3. The van der Waals surface area contributed by atoms with Crippen molar-refractivity contribution >= 4 is 5.97 Å². The fourth-order valence-electron chi connectivity index (χ4n) is 1.94. The quantitative estimate of drug-likeness (QED) is 0.837. The number of hydrogen-bond acceptors (Lipinski definition) is 5. The molecule has 100 valence electrons. The van der Waals surface area contributed by atoms with Gasteiger partial charge in [0.25, 0.3) is 0 Å². The summed E-state index contributed by atoms with van der Waals surface area (Å²) in [7, 11) is 3.12. The third kappa shape index (κ3) is 2.90. The van der Waals surface area contributed by atoms with Gasteiger partial charge in [0.05, 0.1) is 19.4 Å². The lowest BCUT2D eigenvalue weighted by Crippen LogP contribution is -2.14. The summed E-state index contributed by atoms with van der Waals surface area (Å²) in [6, 6.07) is 6.68. The molecule has 1 heterocycles. The van der Waals surface area contributed by atoms with E-state index in [1.54, 1.807) is 36.0 Å². The first-order valence-corrected chi connectivity index (χ1v) is 5.81. The molecule has 0 fully saturated rings. The highest BCUT2D eigenvalue weighted by Gasteiger charge is 2.22. The third-order valence-electron chi connectivity index (χ3n) is 2.95. The first-order chi connectivity index (χ1) is 9.11. The number of carbonyl (C=O) groups is 1. The molecule has 0 amide bonds. The van der Waals surface area contributed by atoms with Gasteiger partial charge in [0.15, 0.2) is 0 Å². The molecule has 0 spiro atoms. The Morgan fingerprint density at radius 2 is 2.11 bits per heavy atom. The van der Waals surface area contributed by atoms with Gasteiger partial charge in [0, 0.05) is 7.05 Å². The Kier molecular flexibility index (Phi) is 3.79. The number of hydrogen-bond donors (Lipinski definition) is 1. The molecule has 0 aliphatic carbocycles. The minimum atomic E-state index is -0.318. The van der Waals surface area contributed by atoms with Crippen molar-refractivity contribution in [2.75, 3.05) is 7.11 Å². The fourth-order valence-corrected chi connectivity index (χ4v) is 1.94. The van der Waals surface area contributed by atoms with Crippen molar-refractivity contribution in [1.82, 2.24) is 14.8 Å². The lowest BCUT2D eigenvalue weighted by molar-refractivity contribution is -0.140. The Hall–Kier alpha value is -2.37. The van der Waals surface area contributed by atoms with Crippen molar-refractivity contribution in [3.8, 4) is 5.75 Å². The molecule has 0 bridgehead atoms. The summed E-state index contributed by atoms with van der Waals surface area (Å²) in [5.74, 6) is 0.288. The first-order valence-electron chi connectivity index (χ1n) is 5.81. The zero-order valence-electron chi connectivity index (χ0n) is 10.8. The van der Waals surface area contributed by atoms with Crippen LogP contribution in [0.15, 0.2) is 30.6 Å². The lowest BCUT2D eigenvalue weighted by atomic mass is 9.95. The fraction of sp³-hybridized carbons (Fsp3) is 0.308. The molecule has 6 nitrogen and oxygen atoms in total. The van der Waals surface area contributed by atoms with Crippen molar-refractivity contribution in [2.24, 2.45) is 7.05 Å². The Balaban J connectivity index is 2.37. The van der Waals surface area contributed by atoms with Crippen LogP contribution in [-0.4, -0.2) is 33.0 Å². The third-order valence-corrected chi connectivity index (χ3v) is 2.95. The summed E-state index contributed by atoms with van der Waals surface area (Å²) in [4.78, 5) is 15.7. The van der Waals surface area contributed by atoms with Crippen LogP contribution < -0.4 is 0 Å². The van der Waals surface area contributed by atoms with Gasteiger partial charge in [-0.05, 0) is 17.7 Å². The molecule has 0 saturated carbocycles. The van der Waals surface area contributed by atoms with Gasteiger partial charge >= 0.3 is 5.97 Å². The molecular weight excluding hydrogens is 246 g/mol. The zero-order valence-corrected chi connectivity index (χ0v) is 10.8. The van der Waals surface area contributed by atoms with Crippen LogP contribution in [0.1, 0.15) is 23.7 Å².